The van der Waals surface area contributed by atoms with Crippen LogP contribution in [-0.4, -0.2) is 4.92 Å². The summed E-state index contributed by atoms with van der Waals surface area (Å²) in [7, 11) is 0. The summed E-state index contributed by atoms with van der Waals surface area (Å²) in [6, 6.07) is 31.0. The summed E-state index contributed by atoms with van der Waals surface area (Å²) in [5, 5.41) is 13.3. The minimum Gasteiger partial charge on any atom is -0.310 e. The van der Waals surface area contributed by atoms with Gasteiger partial charge in [-0.25, -0.2) is 0 Å². The number of hydrogen-bond donors (Lipinski definition) is 0. The number of non-ortho nitro benzene ring substituents is 1. The van der Waals surface area contributed by atoms with Crippen LogP contribution in [0.2, 0.25) is 0 Å². The van der Waals surface area contributed by atoms with Gasteiger partial charge >= 0.3 is 0 Å². The zero-order chi connectivity index (χ0) is 17.9. The minimum absolute atomic E-state index is 0.0830. The highest BCUT2D eigenvalue weighted by Crippen LogP contribution is 2.38. The number of anilines is 3. The first kappa shape index (κ1) is 15.8. The highest BCUT2D eigenvalue weighted by atomic mass is 16.6. The highest BCUT2D eigenvalue weighted by Gasteiger charge is 2.15. The molecule has 0 aliphatic heterocycles. The van der Waals surface area contributed by atoms with E-state index in [1.165, 1.54) is 12.1 Å². The average Bonchev–Trinajstić information content (AvgIpc) is 2.70. The normalized spacial score (nSPS) is 10.6. The maximum atomic E-state index is 11.0. The van der Waals surface area contributed by atoms with Crippen LogP contribution >= 0.6 is 0 Å². The fraction of sp³-hybridized carbons (Fsp3) is 0. The van der Waals surface area contributed by atoms with Gasteiger partial charge in [0.15, 0.2) is 0 Å². The summed E-state index contributed by atoms with van der Waals surface area (Å²) in [6.07, 6.45) is 0. The molecular formula is C22H16N2O2. The van der Waals surface area contributed by atoms with Crippen molar-refractivity contribution in [3.8, 4) is 0 Å². The monoisotopic (exact) mass is 340 g/mol. The number of benzene rings is 4. The lowest BCUT2D eigenvalue weighted by Gasteiger charge is -2.26. The number of nitro benzene ring substituents is 1. The standard InChI is InChI=1S/C22H16N2O2/c25-24(26)20-15-13-19(14-16-20)23(18-9-2-1-3-10-18)22-12-6-8-17-7-4-5-11-21(17)22/h1-16H. The molecule has 26 heavy (non-hydrogen) atoms. The quantitative estimate of drug-likeness (QED) is 0.327. The van der Waals surface area contributed by atoms with Gasteiger partial charge in [0.25, 0.3) is 5.69 Å². The third-order valence-corrected chi connectivity index (χ3v) is 4.34. The fourth-order valence-electron chi connectivity index (χ4n) is 3.13. The van der Waals surface area contributed by atoms with Crippen LogP contribution in [0.25, 0.3) is 10.8 Å². The zero-order valence-corrected chi connectivity index (χ0v) is 13.9. The summed E-state index contributed by atoms with van der Waals surface area (Å²) in [6.45, 7) is 0. The Morgan fingerprint density at radius 1 is 0.654 bits per heavy atom. The van der Waals surface area contributed by atoms with E-state index < -0.39 is 0 Å². The second-order valence-electron chi connectivity index (χ2n) is 5.94. The van der Waals surface area contributed by atoms with E-state index in [2.05, 4.69) is 29.2 Å². The Labute approximate surface area is 151 Å². The van der Waals surface area contributed by atoms with Crippen LogP contribution in [0.5, 0.6) is 0 Å². The second kappa shape index (κ2) is 6.69. The van der Waals surface area contributed by atoms with E-state index in [0.717, 1.165) is 27.8 Å². The molecule has 0 fully saturated rings. The van der Waals surface area contributed by atoms with Crippen molar-refractivity contribution in [2.75, 3.05) is 4.90 Å². The highest BCUT2D eigenvalue weighted by molar-refractivity contribution is 5.98. The molecule has 126 valence electrons. The molecule has 4 aromatic rings. The van der Waals surface area contributed by atoms with E-state index in [4.69, 9.17) is 0 Å². The van der Waals surface area contributed by atoms with E-state index in [1.54, 1.807) is 12.1 Å². The van der Waals surface area contributed by atoms with Crippen LogP contribution in [0.3, 0.4) is 0 Å². The first-order valence-corrected chi connectivity index (χ1v) is 8.31. The Morgan fingerprint density at radius 2 is 1.27 bits per heavy atom. The molecule has 0 amide bonds. The van der Waals surface area contributed by atoms with Crippen molar-refractivity contribution in [1.82, 2.24) is 0 Å². The van der Waals surface area contributed by atoms with Gasteiger partial charge in [0.2, 0.25) is 0 Å². The Kier molecular flexibility index (Phi) is 4.07. The van der Waals surface area contributed by atoms with Gasteiger partial charge in [-0.15, -0.1) is 0 Å². The van der Waals surface area contributed by atoms with Crippen molar-refractivity contribution in [2.45, 2.75) is 0 Å². The number of fused-ring (bicyclic) bond motifs is 1. The molecule has 0 bridgehead atoms. The van der Waals surface area contributed by atoms with Crippen LogP contribution in [0.15, 0.2) is 97.1 Å². The smallest absolute Gasteiger partial charge is 0.269 e. The van der Waals surface area contributed by atoms with E-state index in [9.17, 15) is 10.1 Å². The Bertz CT molecular complexity index is 1050. The van der Waals surface area contributed by atoms with Crippen LogP contribution < -0.4 is 4.90 Å². The number of para-hydroxylation sites is 1. The van der Waals surface area contributed by atoms with E-state index in [-0.39, 0.29) is 10.6 Å². The zero-order valence-electron chi connectivity index (χ0n) is 13.9. The summed E-state index contributed by atoms with van der Waals surface area (Å²) in [4.78, 5) is 12.7. The largest absolute Gasteiger partial charge is 0.310 e. The molecule has 0 unspecified atom stereocenters. The molecule has 0 N–H and O–H groups in total. The molecule has 0 spiro atoms. The molecule has 4 nitrogen and oxygen atoms in total. The third kappa shape index (κ3) is 2.89. The predicted molar refractivity (Wildman–Crippen MR) is 105 cm³/mol. The lowest BCUT2D eigenvalue weighted by Crippen LogP contribution is -2.10. The van der Waals surface area contributed by atoms with Crippen molar-refractivity contribution in [3.05, 3.63) is 107 Å². The molecule has 0 heterocycles. The van der Waals surface area contributed by atoms with Crippen molar-refractivity contribution < 1.29 is 4.92 Å². The van der Waals surface area contributed by atoms with Gasteiger partial charge in [-0.3, -0.25) is 10.1 Å². The summed E-state index contributed by atoms with van der Waals surface area (Å²) in [5.74, 6) is 0. The fourth-order valence-corrected chi connectivity index (χ4v) is 3.13. The molecule has 0 saturated heterocycles. The van der Waals surface area contributed by atoms with Crippen LogP contribution in [-0.2, 0) is 0 Å². The summed E-state index contributed by atoms with van der Waals surface area (Å²) < 4.78 is 0. The van der Waals surface area contributed by atoms with Gasteiger partial charge in [-0.2, -0.15) is 0 Å². The number of rotatable bonds is 4. The predicted octanol–water partition coefficient (Wildman–Crippen LogP) is 6.22. The van der Waals surface area contributed by atoms with E-state index in [0.29, 0.717) is 0 Å². The Balaban J connectivity index is 1.93. The number of nitrogens with zero attached hydrogens (tertiary/aromatic N) is 2. The molecule has 0 atom stereocenters. The second-order valence-corrected chi connectivity index (χ2v) is 5.94. The van der Waals surface area contributed by atoms with Gasteiger partial charge in [0.05, 0.1) is 10.6 Å². The van der Waals surface area contributed by atoms with Crippen LogP contribution in [0.1, 0.15) is 0 Å². The molecule has 0 aromatic heterocycles. The van der Waals surface area contributed by atoms with Crippen molar-refractivity contribution in [2.24, 2.45) is 0 Å². The van der Waals surface area contributed by atoms with E-state index >= 15 is 0 Å². The first-order chi connectivity index (χ1) is 12.7. The molecule has 0 aliphatic carbocycles. The molecule has 4 heteroatoms. The van der Waals surface area contributed by atoms with Crippen molar-refractivity contribution in [1.29, 1.82) is 0 Å². The molecule has 4 rings (SSSR count). The molecule has 0 aliphatic rings. The van der Waals surface area contributed by atoms with Gasteiger partial charge in [-0.05, 0) is 35.7 Å². The maximum absolute atomic E-state index is 11.0. The van der Waals surface area contributed by atoms with Gasteiger partial charge < -0.3 is 4.90 Å². The first-order valence-electron chi connectivity index (χ1n) is 8.31. The average molecular weight is 340 g/mol. The Morgan fingerprint density at radius 3 is 2.00 bits per heavy atom. The van der Waals surface area contributed by atoms with Crippen LogP contribution in [0.4, 0.5) is 22.7 Å². The molecule has 0 saturated carbocycles. The third-order valence-electron chi connectivity index (χ3n) is 4.34. The van der Waals surface area contributed by atoms with Crippen molar-refractivity contribution in [3.63, 3.8) is 0 Å². The molecular weight excluding hydrogens is 324 g/mol. The number of hydrogen-bond acceptors (Lipinski definition) is 3. The summed E-state index contributed by atoms with van der Waals surface area (Å²) in [5.41, 5.74) is 2.98. The maximum Gasteiger partial charge on any atom is 0.269 e. The molecule has 4 aromatic carbocycles. The lowest BCUT2D eigenvalue weighted by molar-refractivity contribution is -0.384. The van der Waals surface area contributed by atoms with E-state index in [1.807, 2.05) is 48.5 Å². The van der Waals surface area contributed by atoms with Gasteiger partial charge in [0, 0.05) is 28.9 Å². The minimum atomic E-state index is -0.380. The van der Waals surface area contributed by atoms with Crippen LogP contribution in [0, 0.1) is 10.1 Å². The molecule has 0 radical (unpaired) electrons. The summed E-state index contributed by atoms with van der Waals surface area (Å²) >= 11 is 0. The van der Waals surface area contributed by atoms with Gasteiger partial charge in [0.1, 0.15) is 0 Å². The Hall–Kier alpha value is -3.66. The number of nitro groups is 1. The SMILES string of the molecule is O=[N+]([O-])c1ccc(N(c2ccccc2)c2cccc3ccccc23)cc1. The van der Waals surface area contributed by atoms with Crippen molar-refractivity contribution >= 4 is 33.5 Å². The lowest BCUT2D eigenvalue weighted by atomic mass is 10.1. The topological polar surface area (TPSA) is 46.4 Å². The van der Waals surface area contributed by atoms with Gasteiger partial charge in [-0.1, -0.05) is 54.6 Å².